The second-order valence-electron chi connectivity index (χ2n) is 4.62. The summed E-state index contributed by atoms with van der Waals surface area (Å²) in [7, 11) is 0. The van der Waals surface area contributed by atoms with Crippen molar-refractivity contribution < 1.29 is 19.1 Å². The molecule has 0 amide bonds. The van der Waals surface area contributed by atoms with Crippen LogP contribution in [0.3, 0.4) is 0 Å². The molecule has 0 saturated carbocycles. The van der Waals surface area contributed by atoms with E-state index in [9.17, 15) is 9.59 Å². The highest BCUT2D eigenvalue weighted by molar-refractivity contribution is 14.1. The van der Waals surface area contributed by atoms with Crippen LogP contribution in [0.4, 0.5) is 0 Å². The van der Waals surface area contributed by atoms with Crippen LogP contribution in [0.5, 0.6) is 0 Å². The highest BCUT2D eigenvalue weighted by Crippen LogP contribution is 2.32. The van der Waals surface area contributed by atoms with Gasteiger partial charge in [-0.25, -0.2) is 0 Å². The van der Waals surface area contributed by atoms with Crippen molar-refractivity contribution in [2.24, 2.45) is 5.41 Å². The lowest BCUT2D eigenvalue weighted by Crippen LogP contribution is -2.44. The normalized spacial score (nSPS) is 11.0. The van der Waals surface area contributed by atoms with Crippen LogP contribution in [0.2, 0.25) is 0 Å². The number of carbonyl (C=O) groups excluding carboxylic acids is 2. The van der Waals surface area contributed by atoms with E-state index in [0.717, 1.165) is 5.56 Å². The van der Waals surface area contributed by atoms with Crippen LogP contribution in [0, 0.1) is 5.41 Å². The lowest BCUT2D eigenvalue weighted by molar-refractivity contribution is -0.172. The molecule has 0 saturated heterocycles. The van der Waals surface area contributed by atoms with Crippen LogP contribution < -0.4 is 0 Å². The zero-order chi connectivity index (χ0) is 15.7. The molecule has 1 aromatic rings. The molecule has 0 spiro atoms. The molecule has 0 N–H and O–H groups in total. The molecule has 21 heavy (non-hydrogen) atoms. The molecule has 0 aliphatic rings. The minimum absolute atomic E-state index is 0.246. The Morgan fingerprint density at radius 1 is 1.05 bits per heavy atom. The Morgan fingerprint density at radius 2 is 1.57 bits per heavy atom. The van der Waals surface area contributed by atoms with E-state index in [1.165, 1.54) is 0 Å². The topological polar surface area (TPSA) is 52.6 Å². The van der Waals surface area contributed by atoms with Crippen molar-refractivity contribution in [2.75, 3.05) is 17.6 Å². The van der Waals surface area contributed by atoms with Gasteiger partial charge in [-0.2, -0.15) is 0 Å². The zero-order valence-corrected chi connectivity index (χ0v) is 14.6. The predicted molar refractivity (Wildman–Crippen MR) is 89.3 cm³/mol. The fraction of sp³-hybridized carbons (Fsp3) is 0.500. The van der Waals surface area contributed by atoms with Crippen molar-refractivity contribution in [1.82, 2.24) is 0 Å². The molecule has 0 heterocycles. The molecular formula is C16H21IO4. The smallest absolute Gasteiger partial charge is 0.323 e. The van der Waals surface area contributed by atoms with Gasteiger partial charge in [-0.15, -0.1) is 0 Å². The first-order valence-corrected chi connectivity index (χ1v) is 8.57. The van der Waals surface area contributed by atoms with Crippen LogP contribution >= 0.6 is 22.6 Å². The van der Waals surface area contributed by atoms with Gasteiger partial charge in [0.1, 0.15) is 0 Å². The Morgan fingerprint density at radius 3 is 2.00 bits per heavy atom. The molecule has 116 valence electrons. The molecule has 0 aliphatic carbocycles. The lowest BCUT2D eigenvalue weighted by Gasteiger charge is -2.28. The highest BCUT2D eigenvalue weighted by Gasteiger charge is 2.48. The molecule has 0 aliphatic heterocycles. The van der Waals surface area contributed by atoms with E-state index in [4.69, 9.17) is 9.47 Å². The van der Waals surface area contributed by atoms with E-state index in [1.807, 2.05) is 30.3 Å². The third-order valence-corrected chi connectivity index (χ3v) is 3.74. The third-order valence-electron chi connectivity index (χ3n) is 3.20. The largest absolute Gasteiger partial charge is 0.465 e. The van der Waals surface area contributed by atoms with Gasteiger partial charge >= 0.3 is 11.9 Å². The molecule has 0 atom stereocenters. The molecular weight excluding hydrogens is 383 g/mol. The SMILES string of the molecule is CCOC(=O)C(CCI)(Cc1ccccc1)C(=O)OCC. The molecule has 0 aromatic heterocycles. The number of hydrogen-bond donors (Lipinski definition) is 0. The first-order valence-electron chi connectivity index (χ1n) is 7.05. The monoisotopic (exact) mass is 404 g/mol. The number of hydrogen-bond acceptors (Lipinski definition) is 4. The summed E-state index contributed by atoms with van der Waals surface area (Å²) < 4.78 is 11.0. The number of halogens is 1. The highest BCUT2D eigenvalue weighted by atomic mass is 127. The van der Waals surface area contributed by atoms with Gasteiger partial charge in [0.2, 0.25) is 0 Å². The molecule has 0 fully saturated rings. The standard InChI is InChI=1S/C16H21IO4/c1-3-20-14(18)16(10-11-17,15(19)21-4-2)12-13-8-6-5-7-9-13/h5-9H,3-4,10-12H2,1-2H3. The maximum atomic E-state index is 12.4. The number of carbonyl (C=O) groups is 2. The number of benzene rings is 1. The van der Waals surface area contributed by atoms with Gasteiger partial charge in [0.15, 0.2) is 5.41 Å². The summed E-state index contributed by atoms with van der Waals surface area (Å²) in [6.45, 7) is 3.97. The average molecular weight is 404 g/mol. The summed E-state index contributed by atoms with van der Waals surface area (Å²) in [5, 5.41) is 0. The van der Waals surface area contributed by atoms with Crippen molar-refractivity contribution >= 4 is 34.5 Å². The quantitative estimate of drug-likeness (QED) is 0.289. The summed E-state index contributed by atoms with van der Waals surface area (Å²) in [6.07, 6.45) is 0.703. The predicted octanol–water partition coefficient (Wildman–Crippen LogP) is 3.17. The summed E-state index contributed by atoms with van der Waals surface area (Å²) in [6, 6.07) is 9.49. The van der Waals surface area contributed by atoms with Gasteiger partial charge in [0, 0.05) is 4.43 Å². The number of rotatable bonds is 8. The Bertz CT molecular complexity index is 441. The first kappa shape index (κ1) is 17.9. The van der Waals surface area contributed by atoms with Crippen molar-refractivity contribution in [2.45, 2.75) is 26.7 Å². The molecule has 1 aromatic carbocycles. The van der Waals surface area contributed by atoms with E-state index < -0.39 is 17.4 Å². The number of ether oxygens (including phenoxy) is 2. The van der Waals surface area contributed by atoms with E-state index >= 15 is 0 Å². The molecule has 5 heteroatoms. The third kappa shape index (κ3) is 4.69. The van der Waals surface area contributed by atoms with Crippen LogP contribution in [-0.2, 0) is 25.5 Å². The van der Waals surface area contributed by atoms with Crippen LogP contribution in [0.15, 0.2) is 30.3 Å². The molecule has 0 bridgehead atoms. The van der Waals surface area contributed by atoms with Crippen molar-refractivity contribution in [3.8, 4) is 0 Å². The van der Waals surface area contributed by atoms with E-state index in [-0.39, 0.29) is 13.2 Å². The molecule has 4 nitrogen and oxygen atoms in total. The average Bonchev–Trinajstić information content (AvgIpc) is 2.48. The minimum atomic E-state index is -1.26. The summed E-state index contributed by atoms with van der Waals surface area (Å²) >= 11 is 2.16. The second kappa shape index (κ2) is 9.02. The van der Waals surface area contributed by atoms with Crippen molar-refractivity contribution in [3.63, 3.8) is 0 Å². The van der Waals surface area contributed by atoms with E-state index in [1.54, 1.807) is 13.8 Å². The Kier molecular flexibility index (Phi) is 7.71. The van der Waals surface area contributed by atoms with Gasteiger partial charge in [0.25, 0.3) is 0 Å². The van der Waals surface area contributed by atoms with Gasteiger partial charge in [-0.05, 0) is 32.3 Å². The molecule has 0 radical (unpaired) electrons. The lowest BCUT2D eigenvalue weighted by atomic mass is 9.79. The van der Waals surface area contributed by atoms with Crippen LogP contribution in [0.25, 0.3) is 0 Å². The van der Waals surface area contributed by atoms with Gasteiger partial charge in [-0.3, -0.25) is 9.59 Å². The Hall–Kier alpha value is -1.11. The van der Waals surface area contributed by atoms with Crippen molar-refractivity contribution in [3.05, 3.63) is 35.9 Å². The number of alkyl halides is 1. The molecule has 1 rings (SSSR count). The maximum absolute atomic E-state index is 12.4. The van der Waals surface area contributed by atoms with Gasteiger partial charge in [0.05, 0.1) is 13.2 Å². The van der Waals surface area contributed by atoms with Crippen LogP contribution in [-0.4, -0.2) is 29.6 Å². The summed E-state index contributed by atoms with van der Waals surface area (Å²) in [4.78, 5) is 24.9. The number of esters is 2. The fourth-order valence-electron chi connectivity index (χ4n) is 2.16. The zero-order valence-electron chi connectivity index (χ0n) is 12.4. The van der Waals surface area contributed by atoms with Gasteiger partial charge < -0.3 is 9.47 Å². The van der Waals surface area contributed by atoms with E-state index in [2.05, 4.69) is 22.6 Å². The second-order valence-corrected chi connectivity index (χ2v) is 5.70. The summed E-state index contributed by atoms with van der Waals surface area (Å²) in [5.41, 5.74) is -0.336. The van der Waals surface area contributed by atoms with E-state index in [0.29, 0.717) is 17.3 Å². The minimum Gasteiger partial charge on any atom is -0.465 e. The molecule has 0 unspecified atom stereocenters. The first-order chi connectivity index (χ1) is 10.1. The Labute approximate surface area is 139 Å². The van der Waals surface area contributed by atoms with Gasteiger partial charge in [-0.1, -0.05) is 52.9 Å². The fourth-order valence-corrected chi connectivity index (χ4v) is 3.09. The summed E-state index contributed by atoms with van der Waals surface area (Å²) in [5.74, 6) is -0.993. The maximum Gasteiger partial charge on any atom is 0.323 e. The van der Waals surface area contributed by atoms with Crippen molar-refractivity contribution in [1.29, 1.82) is 0 Å². The Balaban J connectivity index is 3.15. The van der Waals surface area contributed by atoms with Crippen LogP contribution in [0.1, 0.15) is 25.8 Å².